The minimum absolute atomic E-state index is 0.0280. The van der Waals surface area contributed by atoms with Crippen molar-refractivity contribution in [2.45, 2.75) is 39.7 Å². The van der Waals surface area contributed by atoms with E-state index in [0.29, 0.717) is 12.2 Å². The zero-order valence-corrected chi connectivity index (χ0v) is 18.4. The van der Waals surface area contributed by atoms with Crippen molar-refractivity contribution >= 4 is 27.9 Å². The number of unbranched alkanes of at least 4 members (excludes halogenated alkanes) is 1. The second-order valence-electron chi connectivity index (χ2n) is 7.42. The van der Waals surface area contributed by atoms with Gasteiger partial charge in [0.15, 0.2) is 5.69 Å². The number of hydrogen-bond acceptors (Lipinski definition) is 6. The van der Waals surface area contributed by atoms with Crippen LogP contribution in [-0.2, 0) is 13.0 Å². The topological polar surface area (TPSA) is 79.8 Å². The predicted molar refractivity (Wildman–Crippen MR) is 118 cm³/mol. The molecular formula is C21H27N7OS. The van der Waals surface area contributed by atoms with E-state index in [2.05, 4.69) is 27.3 Å². The van der Waals surface area contributed by atoms with E-state index >= 15 is 0 Å². The Balaban J connectivity index is 1.45. The van der Waals surface area contributed by atoms with Crippen LogP contribution in [0, 0.1) is 6.92 Å². The normalized spacial score (nSPS) is 11.6. The van der Waals surface area contributed by atoms with E-state index in [0.717, 1.165) is 59.4 Å². The molecular weight excluding hydrogens is 398 g/mol. The molecule has 4 aromatic rings. The van der Waals surface area contributed by atoms with Crippen LogP contribution in [-0.4, -0.2) is 54.9 Å². The number of nitrogens with zero attached hydrogens (tertiary/aromatic N) is 6. The Morgan fingerprint density at radius 2 is 2.17 bits per heavy atom. The lowest BCUT2D eigenvalue weighted by atomic mass is 10.2. The average Bonchev–Trinajstić information content (AvgIpc) is 3.39. The third-order valence-electron chi connectivity index (χ3n) is 5.07. The molecule has 9 heteroatoms. The van der Waals surface area contributed by atoms with Gasteiger partial charge in [-0.1, -0.05) is 30.7 Å². The first kappa shape index (κ1) is 20.5. The molecule has 30 heavy (non-hydrogen) atoms. The van der Waals surface area contributed by atoms with Gasteiger partial charge in [0.25, 0.3) is 5.91 Å². The predicted octanol–water partition coefficient (Wildman–Crippen LogP) is 2.95. The van der Waals surface area contributed by atoms with Gasteiger partial charge in [-0.3, -0.25) is 4.79 Å². The molecule has 0 fully saturated rings. The smallest absolute Gasteiger partial charge is 0.274 e. The van der Waals surface area contributed by atoms with Crippen LogP contribution in [0.1, 0.15) is 46.6 Å². The van der Waals surface area contributed by atoms with Crippen LogP contribution in [0.2, 0.25) is 0 Å². The number of aryl methyl sites for hydroxylation is 1. The van der Waals surface area contributed by atoms with Crippen molar-refractivity contribution in [3.05, 3.63) is 52.7 Å². The molecule has 158 valence electrons. The first-order chi connectivity index (χ1) is 14.6. The molecule has 0 radical (unpaired) electrons. The summed E-state index contributed by atoms with van der Waals surface area (Å²) in [6, 6.07) is 5.83. The number of aromatic nitrogens is 5. The van der Waals surface area contributed by atoms with Crippen molar-refractivity contribution in [3.8, 4) is 0 Å². The fourth-order valence-corrected chi connectivity index (χ4v) is 4.20. The van der Waals surface area contributed by atoms with Gasteiger partial charge in [-0.25, -0.2) is 14.5 Å². The summed E-state index contributed by atoms with van der Waals surface area (Å²) >= 11 is 1.59. The van der Waals surface area contributed by atoms with Gasteiger partial charge in [0.05, 0.1) is 17.6 Å². The maximum atomic E-state index is 13.0. The van der Waals surface area contributed by atoms with E-state index < -0.39 is 0 Å². The average molecular weight is 426 g/mol. The number of fused-ring (bicyclic) bond motifs is 2. The maximum Gasteiger partial charge on any atom is 0.274 e. The lowest BCUT2D eigenvalue weighted by Crippen LogP contribution is -2.30. The second kappa shape index (κ2) is 8.93. The Bertz CT molecular complexity index is 1130. The lowest BCUT2D eigenvalue weighted by molar-refractivity contribution is 0.0787. The highest BCUT2D eigenvalue weighted by molar-refractivity contribution is 7.16. The Hall–Kier alpha value is -2.78. The minimum Gasteiger partial charge on any atom is -0.340 e. The van der Waals surface area contributed by atoms with E-state index in [1.54, 1.807) is 16.2 Å². The molecule has 0 aromatic carbocycles. The highest BCUT2D eigenvalue weighted by Crippen LogP contribution is 2.16. The molecule has 0 bridgehead atoms. The zero-order valence-electron chi connectivity index (χ0n) is 17.6. The van der Waals surface area contributed by atoms with Crippen molar-refractivity contribution in [1.82, 2.24) is 34.2 Å². The molecule has 0 aliphatic rings. The first-order valence-electron chi connectivity index (χ1n) is 10.3. The van der Waals surface area contributed by atoms with Crippen molar-refractivity contribution in [3.63, 3.8) is 0 Å². The number of rotatable bonds is 9. The molecule has 0 spiro atoms. The van der Waals surface area contributed by atoms with Crippen LogP contribution >= 0.6 is 11.3 Å². The number of pyridine rings is 1. The van der Waals surface area contributed by atoms with Crippen LogP contribution in [0.25, 0.3) is 10.6 Å². The zero-order chi connectivity index (χ0) is 21.1. The van der Waals surface area contributed by atoms with Crippen molar-refractivity contribution in [1.29, 1.82) is 0 Å². The Morgan fingerprint density at radius 3 is 2.97 bits per heavy atom. The summed E-state index contributed by atoms with van der Waals surface area (Å²) in [5.74, 6) is -0.0280. The first-order valence-corrected chi connectivity index (χ1v) is 11.1. The van der Waals surface area contributed by atoms with Gasteiger partial charge in [0.2, 0.25) is 4.96 Å². The molecule has 1 amide bonds. The van der Waals surface area contributed by atoms with E-state index in [4.69, 9.17) is 0 Å². The number of hydrogen-bond donors (Lipinski definition) is 1. The standard InChI is InChI=1S/C21H27N7OS/c1-4-5-11-26(3)20(29)19-17(27-12-7-6-8-18(27)24-19)13-22-10-9-16-14-28-21(23-16)30-15(2)25-28/h6-8,12,14,22H,4-5,9-11,13H2,1-3H3. The van der Waals surface area contributed by atoms with Gasteiger partial charge in [-0.05, 0) is 25.5 Å². The number of imidazole rings is 2. The third-order valence-corrected chi connectivity index (χ3v) is 5.91. The molecule has 1 N–H and O–H groups in total. The summed E-state index contributed by atoms with van der Waals surface area (Å²) in [5, 5.41) is 8.87. The summed E-state index contributed by atoms with van der Waals surface area (Å²) in [6.07, 6.45) is 6.77. The Morgan fingerprint density at radius 1 is 1.30 bits per heavy atom. The van der Waals surface area contributed by atoms with Crippen LogP contribution in [0.5, 0.6) is 0 Å². The van der Waals surface area contributed by atoms with Gasteiger partial charge in [-0.15, -0.1) is 0 Å². The molecule has 0 aliphatic heterocycles. The second-order valence-corrected chi connectivity index (χ2v) is 8.58. The van der Waals surface area contributed by atoms with Crippen LogP contribution in [0.4, 0.5) is 0 Å². The van der Waals surface area contributed by atoms with Crippen molar-refractivity contribution < 1.29 is 4.79 Å². The SMILES string of the molecule is CCCCN(C)C(=O)c1nc2ccccn2c1CNCCc1cn2nc(C)sc2n1. The number of amides is 1. The number of nitrogens with one attached hydrogen (secondary N) is 1. The molecule has 4 aromatic heterocycles. The molecule has 0 atom stereocenters. The molecule has 4 heterocycles. The van der Waals surface area contributed by atoms with Crippen molar-refractivity contribution in [2.24, 2.45) is 0 Å². The highest BCUT2D eigenvalue weighted by atomic mass is 32.1. The number of carbonyl (C=O) groups excluding carboxylic acids is 1. The van der Waals surface area contributed by atoms with Crippen molar-refractivity contribution in [2.75, 3.05) is 20.1 Å². The molecule has 4 rings (SSSR count). The summed E-state index contributed by atoms with van der Waals surface area (Å²) in [4.78, 5) is 24.9. The van der Waals surface area contributed by atoms with Gasteiger partial charge in [0, 0.05) is 39.3 Å². The van der Waals surface area contributed by atoms with Crippen LogP contribution in [0.3, 0.4) is 0 Å². The lowest BCUT2D eigenvalue weighted by Gasteiger charge is -2.16. The van der Waals surface area contributed by atoms with E-state index in [1.165, 1.54) is 0 Å². The molecule has 0 unspecified atom stereocenters. The van der Waals surface area contributed by atoms with E-state index in [9.17, 15) is 4.79 Å². The summed E-state index contributed by atoms with van der Waals surface area (Å²) < 4.78 is 3.83. The fourth-order valence-electron chi connectivity index (χ4n) is 3.45. The van der Waals surface area contributed by atoms with Gasteiger partial charge in [0.1, 0.15) is 10.7 Å². The molecule has 0 saturated heterocycles. The van der Waals surface area contributed by atoms with Crippen LogP contribution < -0.4 is 5.32 Å². The highest BCUT2D eigenvalue weighted by Gasteiger charge is 2.21. The molecule has 0 saturated carbocycles. The summed E-state index contributed by atoms with van der Waals surface area (Å²) in [6.45, 7) is 6.16. The summed E-state index contributed by atoms with van der Waals surface area (Å²) in [7, 11) is 1.85. The van der Waals surface area contributed by atoms with Gasteiger partial charge < -0.3 is 14.6 Å². The quantitative estimate of drug-likeness (QED) is 0.417. The van der Waals surface area contributed by atoms with E-state index in [-0.39, 0.29) is 5.91 Å². The van der Waals surface area contributed by atoms with Gasteiger partial charge >= 0.3 is 0 Å². The van der Waals surface area contributed by atoms with Gasteiger partial charge in [-0.2, -0.15) is 5.10 Å². The fraction of sp³-hybridized carbons (Fsp3) is 0.429. The number of carbonyl (C=O) groups is 1. The molecule has 8 nitrogen and oxygen atoms in total. The largest absolute Gasteiger partial charge is 0.340 e. The monoisotopic (exact) mass is 425 g/mol. The Kier molecular flexibility index (Phi) is 6.10. The van der Waals surface area contributed by atoms with E-state index in [1.807, 2.05) is 53.5 Å². The molecule has 0 aliphatic carbocycles. The Labute approximate surface area is 179 Å². The van der Waals surface area contributed by atoms with Crippen LogP contribution in [0.15, 0.2) is 30.6 Å². The third kappa shape index (κ3) is 4.22. The maximum absolute atomic E-state index is 13.0. The summed E-state index contributed by atoms with van der Waals surface area (Å²) in [5.41, 5.74) is 3.21. The minimum atomic E-state index is -0.0280.